The molecule has 1 nitrogen and oxygen atoms in total. The average molecular weight is 128 g/mol. The molecule has 1 saturated heterocycles. The first-order chi connectivity index (χ1) is 3.77. The molecule has 0 radical (unpaired) electrons. The molecule has 0 bridgehead atoms. The van der Waals surface area contributed by atoms with Gasteiger partial charge in [0.25, 0.3) is 0 Å². The minimum atomic E-state index is -0.773. The topological polar surface area (TPSA) is 20.2 Å². The summed E-state index contributed by atoms with van der Waals surface area (Å²) in [4.78, 5) is 0. The zero-order valence-corrected chi connectivity index (χ0v) is 5.37. The van der Waals surface area contributed by atoms with Crippen molar-refractivity contribution in [2.24, 2.45) is 0 Å². The van der Waals surface area contributed by atoms with Crippen molar-refractivity contribution in [2.75, 3.05) is 11.5 Å². The molecule has 1 atom stereocenters. The molecule has 1 rings (SSSR count). The first-order valence-electron chi connectivity index (χ1n) is 2.55. The standard InChI is InChI=1S/C6H8OS/c1-2-6(7)3-4-8-5-6/h1,7H,3-5H2. The molecule has 1 aliphatic rings. The number of aliphatic hydroxyl groups is 1. The van der Waals surface area contributed by atoms with Gasteiger partial charge in [0, 0.05) is 5.75 Å². The molecule has 0 saturated carbocycles. The largest absolute Gasteiger partial charge is 0.377 e. The third kappa shape index (κ3) is 0.988. The van der Waals surface area contributed by atoms with E-state index in [-0.39, 0.29) is 0 Å². The average Bonchev–Trinajstić information content (AvgIpc) is 2.17. The van der Waals surface area contributed by atoms with E-state index in [1.165, 1.54) is 0 Å². The van der Waals surface area contributed by atoms with E-state index in [1.807, 2.05) is 0 Å². The fourth-order valence-corrected chi connectivity index (χ4v) is 1.86. The zero-order valence-electron chi connectivity index (χ0n) is 4.55. The van der Waals surface area contributed by atoms with E-state index in [9.17, 15) is 5.11 Å². The fraction of sp³-hybridized carbons (Fsp3) is 0.667. The molecular weight excluding hydrogens is 120 g/mol. The molecule has 0 aromatic rings. The quantitative estimate of drug-likeness (QED) is 0.479. The lowest BCUT2D eigenvalue weighted by Gasteiger charge is -2.10. The molecule has 0 amide bonds. The molecule has 0 aromatic heterocycles. The molecule has 1 aliphatic heterocycles. The van der Waals surface area contributed by atoms with Gasteiger partial charge in [-0.3, -0.25) is 0 Å². The lowest BCUT2D eigenvalue weighted by Crippen LogP contribution is -2.24. The van der Waals surface area contributed by atoms with Crippen LogP contribution < -0.4 is 0 Å². The van der Waals surface area contributed by atoms with E-state index >= 15 is 0 Å². The van der Waals surface area contributed by atoms with Gasteiger partial charge in [-0.15, -0.1) is 6.42 Å². The zero-order chi connectivity index (χ0) is 6.04. The summed E-state index contributed by atoms with van der Waals surface area (Å²) in [6, 6.07) is 0. The second-order valence-electron chi connectivity index (χ2n) is 1.98. The van der Waals surface area contributed by atoms with Crippen LogP contribution in [-0.4, -0.2) is 22.2 Å². The maximum Gasteiger partial charge on any atom is 0.134 e. The van der Waals surface area contributed by atoms with Crippen LogP contribution in [0.3, 0.4) is 0 Å². The van der Waals surface area contributed by atoms with E-state index in [0.717, 1.165) is 12.2 Å². The highest BCUT2D eigenvalue weighted by Crippen LogP contribution is 2.26. The second kappa shape index (κ2) is 2.00. The maximum atomic E-state index is 9.24. The molecule has 8 heavy (non-hydrogen) atoms. The van der Waals surface area contributed by atoms with E-state index in [2.05, 4.69) is 5.92 Å². The number of thioether (sulfide) groups is 1. The van der Waals surface area contributed by atoms with Gasteiger partial charge in [-0.2, -0.15) is 11.8 Å². The number of hydrogen-bond acceptors (Lipinski definition) is 2. The van der Waals surface area contributed by atoms with E-state index in [1.54, 1.807) is 11.8 Å². The maximum absolute atomic E-state index is 9.24. The van der Waals surface area contributed by atoms with E-state index < -0.39 is 5.60 Å². The minimum absolute atomic E-state index is 0.712. The van der Waals surface area contributed by atoms with Crippen LogP contribution in [0.1, 0.15) is 6.42 Å². The van der Waals surface area contributed by atoms with Crippen molar-refractivity contribution in [3.63, 3.8) is 0 Å². The van der Waals surface area contributed by atoms with Gasteiger partial charge < -0.3 is 5.11 Å². The summed E-state index contributed by atoms with van der Waals surface area (Å²) in [5.41, 5.74) is -0.773. The molecule has 0 aliphatic carbocycles. The van der Waals surface area contributed by atoms with Crippen LogP contribution in [0.4, 0.5) is 0 Å². The first kappa shape index (κ1) is 6.00. The summed E-state index contributed by atoms with van der Waals surface area (Å²) in [7, 11) is 0. The summed E-state index contributed by atoms with van der Waals surface area (Å²) in [5.74, 6) is 4.09. The van der Waals surface area contributed by atoms with Crippen molar-refractivity contribution in [1.82, 2.24) is 0 Å². The predicted molar refractivity (Wildman–Crippen MR) is 35.7 cm³/mol. The van der Waals surface area contributed by atoms with Gasteiger partial charge in [-0.05, 0) is 12.2 Å². The molecule has 1 unspecified atom stereocenters. The Labute approximate surface area is 53.5 Å². The van der Waals surface area contributed by atoms with Crippen molar-refractivity contribution in [3.05, 3.63) is 0 Å². The molecule has 0 aromatic carbocycles. The van der Waals surface area contributed by atoms with Gasteiger partial charge in [-0.1, -0.05) is 5.92 Å². The van der Waals surface area contributed by atoms with Crippen LogP contribution in [0.15, 0.2) is 0 Å². The van der Waals surface area contributed by atoms with E-state index in [4.69, 9.17) is 6.42 Å². The lowest BCUT2D eigenvalue weighted by atomic mass is 10.1. The number of terminal acetylenes is 1. The molecule has 1 heterocycles. The monoisotopic (exact) mass is 128 g/mol. The van der Waals surface area contributed by atoms with Gasteiger partial charge in [-0.25, -0.2) is 0 Å². The molecule has 2 heteroatoms. The Morgan fingerprint density at radius 2 is 2.50 bits per heavy atom. The molecule has 0 spiro atoms. The van der Waals surface area contributed by atoms with Crippen LogP contribution in [0.2, 0.25) is 0 Å². The summed E-state index contributed by atoms with van der Waals surface area (Å²) in [5, 5.41) is 9.24. The second-order valence-corrected chi connectivity index (χ2v) is 3.08. The Morgan fingerprint density at radius 1 is 1.75 bits per heavy atom. The van der Waals surface area contributed by atoms with Gasteiger partial charge in [0.1, 0.15) is 5.60 Å². The van der Waals surface area contributed by atoms with Crippen molar-refractivity contribution in [2.45, 2.75) is 12.0 Å². The van der Waals surface area contributed by atoms with Crippen molar-refractivity contribution < 1.29 is 5.11 Å². The summed E-state index contributed by atoms with van der Waals surface area (Å²) < 4.78 is 0. The Kier molecular flexibility index (Phi) is 1.50. The van der Waals surface area contributed by atoms with Crippen LogP contribution in [0.25, 0.3) is 0 Å². The minimum Gasteiger partial charge on any atom is -0.377 e. The number of rotatable bonds is 0. The molecular formula is C6H8OS. The fourth-order valence-electron chi connectivity index (χ4n) is 0.668. The summed E-state index contributed by atoms with van der Waals surface area (Å²) in [6.07, 6.45) is 5.81. The smallest absolute Gasteiger partial charge is 0.134 e. The Bertz CT molecular complexity index is 119. The highest BCUT2D eigenvalue weighted by atomic mass is 32.2. The van der Waals surface area contributed by atoms with Gasteiger partial charge in [0.05, 0.1) is 0 Å². The number of hydrogen-bond donors (Lipinski definition) is 1. The lowest BCUT2D eigenvalue weighted by molar-refractivity contribution is 0.131. The predicted octanol–water partition coefficient (Wildman–Crippen LogP) is 0.488. The van der Waals surface area contributed by atoms with Crippen molar-refractivity contribution >= 4 is 11.8 Å². The van der Waals surface area contributed by atoms with E-state index in [0.29, 0.717) is 5.75 Å². The third-order valence-corrected chi connectivity index (χ3v) is 2.44. The van der Waals surface area contributed by atoms with Crippen molar-refractivity contribution in [3.8, 4) is 12.3 Å². The van der Waals surface area contributed by atoms with Gasteiger partial charge in [0.2, 0.25) is 0 Å². The Hall–Kier alpha value is -0.130. The van der Waals surface area contributed by atoms with Gasteiger partial charge in [0.15, 0.2) is 0 Å². The Morgan fingerprint density at radius 3 is 2.75 bits per heavy atom. The van der Waals surface area contributed by atoms with Crippen LogP contribution >= 0.6 is 11.8 Å². The van der Waals surface area contributed by atoms with Crippen molar-refractivity contribution in [1.29, 1.82) is 0 Å². The van der Waals surface area contributed by atoms with Crippen LogP contribution in [-0.2, 0) is 0 Å². The molecule has 44 valence electrons. The Balaban J connectivity index is 2.56. The first-order valence-corrected chi connectivity index (χ1v) is 3.70. The summed E-state index contributed by atoms with van der Waals surface area (Å²) >= 11 is 1.71. The highest BCUT2D eigenvalue weighted by molar-refractivity contribution is 7.99. The normalized spacial score (nSPS) is 37.0. The highest BCUT2D eigenvalue weighted by Gasteiger charge is 2.28. The van der Waals surface area contributed by atoms with Crippen LogP contribution in [0, 0.1) is 12.3 Å². The molecule has 1 fully saturated rings. The third-order valence-electron chi connectivity index (χ3n) is 1.27. The summed E-state index contributed by atoms with van der Waals surface area (Å²) in [6.45, 7) is 0. The SMILES string of the molecule is C#CC1(O)CCSC1. The molecule has 1 N–H and O–H groups in total. The van der Waals surface area contributed by atoms with Gasteiger partial charge >= 0.3 is 0 Å². The van der Waals surface area contributed by atoms with Crippen LogP contribution in [0.5, 0.6) is 0 Å².